The minimum Gasteiger partial charge on any atom is -0.402 e. The van der Waals surface area contributed by atoms with Gasteiger partial charge in [0.1, 0.15) is 5.00 Å². The zero-order valence-corrected chi connectivity index (χ0v) is 16.4. The molecular weight excluding hydrogens is 326 g/mol. The van der Waals surface area contributed by atoms with E-state index in [1.165, 1.54) is 32.2 Å². The van der Waals surface area contributed by atoms with Crippen LogP contribution >= 0.6 is 11.3 Å². The molecule has 0 amide bonds. The Morgan fingerprint density at radius 1 is 1.36 bits per heavy atom. The third kappa shape index (κ3) is 3.60. The molecule has 0 saturated carbocycles. The Labute approximate surface area is 155 Å². The van der Waals surface area contributed by atoms with Crippen molar-refractivity contribution in [3.8, 4) is 0 Å². The van der Waals surface area contributed by atoms with Crippen molar-refractivity contribution in [2.24, 2.45) is 5.73 Å². The summed E-state index contributed by atoms with van der Waals surface area (Å²) in [6.07, 6.45) is 6.88. The predicted molar refractivity (Wildman–Crippen MR) is 111 cm³/mol. The van der Waals surface area contributed by atoms with E-state index in [-0.39, 0.29) is 0 Å². The molecule has 25 heavy (non-hydrogen) atoms. The van der Waals surface area contributed by atoms with Crippen LogP contribution in [0, 0.1) is 0 Å². The fourth-order valence-electron chi connectivity index (χ4n) is 3.47. The second kappa shape index (κ2) is 7.22. The molecule has 2 aliphatic rings. The van der Waals surface area contributed by atoms with E-state index in [4.69, 9.17) is 5.73 Å². The summed E-state index contributed by atoms with van der Waals surface area (Å²) in [5.41, 5.74) is 12.9. The van der Waals surface area contributed by atoms with Gasteiger partial charge in [0.15, 0.2) is 0 Å². The summed E-state index contributed by atoms with van der Waals surface area (Å²) in [4.78, 5) is 4.01. The first-order valence-corrected chi connectivity index (χ1v) is 9.90. The summed E-state index contributed by atoms with van der Waals surface area (Å²) in [7, 11) is 0. The van der Waals surface area contributed by atoms with Gasteiger partial charge in [-0.15, -0.1) is 11.3 Å². The van der Waals surface area contributed by atoms with Crippen molar-refractivity contribution >= 4 is 21.9 Å². The first-order valence-electron chi connectivity index (χ1n) is 9.08. The molecule has 0 atom stereocenters. The second-order valence-electron chi connectivity index (χ2n) is 7.19. The smallest absolute Gasteiger partial charge is 0.101 e. The van der Waals surface area contributed by atoms with E-state index in [0.29, 0.717) is 6.04 Å². The summed E-state index contributed by atoms with van der Waals surface area (Å²) >= 11 is 1.86. The lowest BCUT2D eigenvalue weighted by Crippen LogP contribution is -2.35. The Hall–Kier alpha value is -1.78. The fraction of sp³-hybridized carbons (Fsp3) is 0.429. The van der Waals surface area contributed by atoms with Gasteiger partial charge in [-0.1, -0.05) is 26.2 Å². The number of nitrogens with one attached hydrogen (secondary N) is 1. The van der Waals surface area contributed by atoms with E-state index in [0.717, 1.165) is 43.7 Å². The van der Waals surface area contributed by atoms with E-state index < -0.39 is 0 Å². The molecule has 0 radical (unpaired) electrons. The molecular formula is C21H29N3S. The predicted octanol–water partition coefficient (Wildman–Crippen LogP) is 5.04. The normalized spacial score (nSPS) is 17.3. The summed E-state index contributed by atoms with van der Waals surface area (Å²) in [6, 6.07) is 0.581. The quantitative estimate of drug-likeness (QED) is 0.751. The van der Waals surface area contributed by atoms with Gasteiger partial charge in [-0.3, -0.25) is 4.90 Å². The van der Waals surface area contributed by atoms with Crippen LogP contribution in [0.3, 0.4) is 0 Å². The van der Waals surface area contributed by atoms with Crippen molar-refractivity contribution in [3.05, 3.63) is 58.3 Å². The molecule has 0 bridgehead atoms. The lowest BCUT2D eigenvalue weighted by Gasteiger charge is -2.30. The van der Waals surface area contributed by atoms with Crippen molar-refractivity contribution in [1.82, 2.24) is 4.90 Å². The molecule has 1 aliphatic carbocycles. The number of allylic oxidation sites excluding steroid dienone is 5. The highest BCUT2D eigenvalue weighted by Gasteiger charge is 2.26. The molecule has 0 unspecified atom stereocenters. The molecule has 3 rings (SSSR count). The maximum absolute atomic E-state index is 5.90. The summed E-state index contributed by atoms with van der Waals surface area (Å²) in [5.74, 6) is 0. The minimum atomic E-state index is 0.581. The zero-order valence-electron chi connectivity index (χ0n) is 15.6. The number of nitrogens with two attached hydrogens (primary N) is 1. The van der Waals surface area contributed by atoms with Crippen molar-refractivity contribution < 1.29 is 0 Å². The molecule has 3 N–H and O–H groups in total. The third-order valence-electron chi connectivity index (χ3n) is 5.14. The Bertz CT molecular complexity index is 764. The molecule has 2 heterocycles. The van der Waals surface area contributed by atoms with E-state index in [1.54, 1.807) is 0 Å². The Kier molecular flexibility index (Phi) is 5.21. The molecule has 0 saturated heterocycles. The largest absolute Gasteiger partial charge is 0.402 e. The SMILES string of the molecule is C=C(Nc1sc2c(c1C(=C)CC)CCN(C(C)C)C2)C1=CC=C(N)C1. The summed E-state index contributed by atoms with van der Waals surface area (Å²) in [6.45, 7) is 17.5. The topological polar surface area (TPSA) is 41.3 Å². The van der Waals surface area contributed by atoms with Gasteiger partial charge in [0.2, 0.25) is 0 Å². The third-order valence-corrected chi connectivity index (χ3v) is 6.27. The van der Waals surface area contributed by atoms with Gasteiger partial charge in [0.05, 0.1) is 0 Å². The van der Waals surface area contributed by atoms with Crippen molar-refractivity contribution in [1.29, 1.82) is 0 Å². The van der Waals surface area contributed by atoms with Crippen LogP contribution < -0.4 is 11.1 Å². The van der Waals surface area contributed by atoms with Crippen LogP contribution in [0.5, 0.6) is 0 Å². The summed E-state index contributed by atoms with van der Waals surface area (Å²) < 4.78 is 0. The van der Waals surface area contributed by atoms with Gasteiger partial charge < -0.3 is 11.1 Å². The van der Waals surface area contributed by atoms with Crippen LogP contribution in [0.25, 0.3) is 5.57 Å². The molecule has 0 spiro atoms. The fourth-order valence-corrected chi connectivity index (χ4v) is 4.82. The van der Waals surface area contributed by atoms with Crippen LogP contribution in [0.4, 0.5) is 5.00 Å². The minimum absolute atomic E-state index is 0.581. The van der Waals surface area contributed by atoms with Crippen LogP contribution in [0.15, 0.2) is 42.3 Å². The van der Waals surface area contributed by atoms with Crippen molar-refractivity contribution in [2.45, 2.75) is 52.6 Å². The first-order chi connectivity index (χ1) is 11.9. The number of anilines is 1. The monoisotopic (exact) mass is 355 g/mol. The van der Waals surface area contributed by atoms with Crippen molar-refractivity contribution in [3.63, 3.8) is 0 Å². The number of nitrogens with zero attached hydrogens (tertiary/aromatic N) is 1. The molecule has 3 nitrogen and oxygen atoms in total. The van der Waals surface area contributed by atoms with Crippen molar-refractivity contribution in [2.75, 3.05) is 11.9 Å². The molecule has 134 valence electrons. The standard InChI is InChI=1S/C21H29N3S/c1-6-14(4)20-18-9-10-24(13(2)3)12-19(18)25-21(20)23-15(5)16-7-8-17(22)11-16/h7-8,13,23H,4-6,9-12,22H2,1-3H3. The van der Waals surface area contributed by atoms with Gasteiger partial charge >= 0.3 is 0 Å². The highest BCUT2D eigenvalue weighted by atomic mass is 32.1. The number of thiophene rings is 1. The first kappa shape index (κ1) is 18.0. The molecule has 1 aliphatic heterocycles. The maximum atomic E-state index is 5.90. The van der Waals surface area contributed by atoms with Crippen LogP contribution in [0.1, 0.15) is 49.6 Å². The maximum Gasteiger partial charge on any atom is 0.101 e. The Balaban J connectivity index is 1.88. The van der Waals surface area contributed by atoms with Crippen LogP contribution in [-0.2, 0) is 13.0 Å². The highest BCUT2D eigenvalue weighted by Crippen LogP contribution is 2.42. The number of hydrogen-bond donors (Lipinski definition) is 2. The van der Waals surface area contributed by atoms with E-state index in [1.807, 2.05) is 17.4 Å². The molecule has 0 fully saturated rings. The number of rotatable bonds is 6. The lowest BCUT2D eigenvalue weighted by molar-refractivity contribution is 0.206. The van der Waals surface area contributed by atoms with Gasteiger partial charge in [0, 0.05) is 47.4 Å². The molecule has 0 aromatic carbocycles. The van der Waals surface area contributed by atoms with Crippen LogP contribution in [-0.4, -0.2) is 17.5 Å². The van der Waals surface area contributed by atoms with E-state index in [9.17, 15) is 0 Å². The average molecular weight is 356 g/mol. The molecule has 1 aromatic heterocycles. The molecule has 1 aromatic rings. The molecule has 4 heteroatoms. The van der Waals surface area contributed by atoms with E-state index >= 15 is 0 Å². The second-order valence-corrected chi connectivity index (χ2v) is 8.30. The van der Waals surface area contributed by atoms with Gasteiger partial charge in [-0.2, -0.15) is 0 Å². The Morgan fingerprint density at radius 3 is 2.72 bits per heavy atom. The van der Waals surface area contributed by atoms with Gasteiger partial charge in [0.25, 0.3) is 0 Å². The number of hydrogen-bond acceptors (Lipinski definition) is 4. The number of fused-ring (bicyclic) bond motifs is 1. The highest BCUT2D eigenvalue weighted by molar-refractivity contribution is 7.16. The Morgan fingerprint density at radius 2 is 2.12 bits per heavy atom. The zero-order chi connectivity index (χ0) is 18.1. The van der Waals surface area contributed by atoms with Gasteiger partial charge in [-0.05, 0) is 49.5 Å². The summed E-state index contributed by atoms with van der Waals surface area (Å²) in [5, 5.41) is 4.77. The van der Waals surface area contributed by atoms with E-state index in [2.05, 4.69) is 50.2 Å². The lowest BCUT2D eigenvalue weighted by atomic mass is 9.96. The average Bonchev–Trinajstić information content (AvgIpc) is 3.16. The van der Waals surface area contributed by atoms with Gasteiger partial charge in [-0.25, -0.2) is 0 Å². The van der Waals surface area contributed by atoms with Crippen LogP contribution in [0.2, 0.25) is 0 Å².